The van der Waals surface area contributed by atoms with Gasteiger partial charge in [0.05, 0.1) is 12.6 Å². The van der Waals surface area contributed by atoms with Crippen LogP contribution in [0.3, 0.4) is 0 Å². The number of rotatable bonds is 5. The second-order valence-corrected chi connectivity index (χ2v) is 6.15. The van der Waals surface area contributed by atoms with Crippen molar-refractivity contribution in [3.05, 3.63) is 34.6 Å². The number of aromatic nitrogens is 4. The van der Waals surface area contributed by atoms with E-state index in [-0.39, 0.29) is 11.9 Å². The van der Waals surface area contributed by atoms with Crippen molar-refractivity contribution < 1.29 is 9.13 Å². The largest absolute Gasteiger partial charge is 0.376 e. The number of ether oxygens (including phenoxy) is 1. The van der Waals surface area contributed by atoms with Crippen LogP contribution in [0.1, 0.15) is 18.4 Å². The van der Waals surface area contributed by atoms with Crippen LogP contribution in [0, 0.1) is 5.82 Å². The zero-order chi connectivity index (χ0) is 14.7. The van der Waals surface area contributed by atoms with E-state index in [1.807, 2.05) is 0 Å². The van der Waals surface area contributed by atoms with E-state index in [0.717, 1.165) is 25.0 Å². The minimum Gasteiger partial charge on any atom is -0.376 e. The molecule has 1 atom stereocenters. The van der Waals surface area contributed by atoms with E-state index in [1.165, 1.54) is 23.9 Å². The summed E-state index contributed by atoms with van der Waals surface area (Å²) in [5.41, 5.74) is 0.856. The first-order valence-corrected chi connectivity index (χ1v) is 8.03. The molecule has 1 unspecified atom stereocenters. The molecule has 21 heavy (non-hydrogen) atoms. The van der Waals surface area contributed by atoms with Gasteiger partial charge in [0.2, 0.25) is 5.16 Å². The summed E-state index contributed by atoms with van der Waals surface area (Å²) in [5, 5.41) is 12.8. The standard InChI is InChI=1S/C13H14ClFN4OS/c14-12-6-10(15)4-3-9(12)8-21-13-16-17-18-19(13)7-11-2-1-5-20-11/h3-4,6,11H,1-2,5,7-8H2. The van der Waals surface area contributed by atoms with Crippen molar-refractivity contribution in [2.75, 3.05) is 6.61 Å². The van der Waals surface area contributed by atoms with Crippen LogP contribution in [0.5, 0.6) is 0 Å². The lowest BCUT2D eigenvalue weighted by molar-refractivity contribution is 0.0912. The Balaban J connectivity index is 1.63. The van der Waals surface area contributed by atoms with Gasteiger partial charge in [-0.3, -0.25) is 0 Å². The number of nitrogens with zero attached hydrogens (tertiary/aromatic N) is 4. The van der Waals surface area contributed by atoms with Crippen LogP contribution in [0.25, 0.3) is 0 Å². The van der Waals surface area contributed by atoms with E-state index in [2.05, 4.69) is 15.5 Å². The van der Waals surface area contributed by atoms with E-state index >= 15 is 0 Å². The number of halogens is 2. The summed E-state index contributed by atoms with van der Waals surface area (Å²) in [5.74, 6) is 0.252. The van der Waals surface area contributed by atoms with Crippen molar-refractivity contribution in [2.45, 2.75) is 36.4 Å². The monoisotopic (exact) mass is 328 g/mol. The lowest BCUT2D eigenvalue weighted by Crippen LogP contribution is -2.16. The van der Waals surface area contributed by atoms with Gasteiger partial charge in [0.1, 0.15) is 5.82 Å². The lowest BCUT2D eigenvalue weighted by Gasteiger charge is -2.10. The highest BCUT2D eigenvalue weighted by molar-refractivity contribution is 7.98. The molecule has 0 amide bonds. The average Bonchev–Trinajstić information content (AvgIpc) is 3.10. The van der Waals surface area contributed by atoms with Gasteiger partial charge in [0.25, 0.3) is 0 Å². The Morgan fingerprint density at radius 3 is 3.14 bits per heavy atom. The maximum absolute atomic E-state index is 13.0. The Kier molecular flexibility index (Phi) is 4.72. The third-order valence-corrected chi connectivity index (χ3v) is 4.63. The molecular formula is C13H14ClFN4OS. The molecule has 1 aromatic carbocycles. The Morgan fingerprint density at radius 1 is 1.48 bits per heavy atom. The average molecular weight is 329 g/mol. The second-order valence-electron chi connectivity index (χ2n) is 4.80. The van der Waals surface area contributed by atoms with E-state index in [9.17, 15) is 4.39 Å². The molecule has 5 nitrogen and oxygen atoms in total. The van der Waals surface area contributed by atoms with Crippen LogP contribution in [0.4, 0.5) is 4.39 Å². The summed E-state index contributed by atoms with van der Waals surface area (Å²) in [6, 6.07) is 4.39. The van der Waals surface area contributed by atoms with Gasteiger partial charge in [-0.1, -0.05) is 29.4 Å². The molecule has 3 rings (SSSR count). The molecule has 0 N–H and O–H groups in total. The van der Waals surface area contributed by atoms with Gasteiger partial charge in [-0.2, -0.15) is 0 Å². The Labute approximate surface area is 130 Å². The van der Waals surface area contributed by atoms with Crippen molar-refractivity contribution in [1.82, 2.24) is 20.2 Å². The summed E-state index contributed by atoms with van der Waals surface area (Å²) in [7, 11) is 0. The van der Waals surface area contributed by atoms with Crippen LogP contribution in [-0.4, -0.2) is 32.9 Å². The number of hydrogen-bond donors (Lipinski definition) is 0. The molecule has 0 radical (unpaired) electrons. The first-order valence-electron chi connectivity index (χ1n) is 6.67. The predicted octanol–water partition coefficient (Wildman–Crippen LogP) is 2.94. The van der Waals surface area contributed by atoms with Gasteiger partial charge >= 0.3 is 0 Å². The highest BCUT2D eigenvalue weighted by atomic mass is 35.5. The van der Waals surface area contributed by atoms with Gasteiger partial charge in [-0.15, -0.1) is 5.10 Å². The summed E-state index contributed by atoms with van der Waals surface area (Å²) in [6.07, 6.45) is 2.30. The molecule has 0 saturated carbocycles. The van der Waals surface area contributed by atoms with Crippen molar-refractivity contribution in [2.24, 2.45) is 0 Å². The highest BCUT2D eigenvalue weighted by Crippen LogP contribution is 2.26. The first kappa shape index (κ1) is 14.7. The SMILES string of the molecule is Fc1ccc(CSc2nnnn2CC2CCCO2)c(Cl)c1. The quantitative estimate of drug-likeness (QED) is 0.790. The molecule has 0 spiro atoms. The summed E-state index contributed by atoms with van der Waals surface area (Å²) >= 11 is 7.49. The van der Waals surface area contributed by atoms with E-state index < -0.39 is 0 Å². The third-order valence-electron chi connectivity index (χ3n) is 3.27. The predicted molar refractivity (Wildman–Crippen MR) is 77.8 cm³/mol. The second kappa shape index (κ2) is 6.72. The molecule has 1 aromatic heterocycles. The first-order chi connectivity index (χ1) is 10.2. The summed E-state index contributed by atoms with van der Waals surface area (Å²) in [6.45, 7) is 1.47. The molecule has 2 aromatic rings. The molecule has 0 bridgehead atoms. The molecule has 2 heterocycles. The number of benzene rings is 1. The van der Waals surface area contributed by atoms with Crippen molar-refractivity contribution in [3.63, 3.8) is 0 Å². The minimum atomic E-state index is -0.336. The van der Waals surface area contributed by atoms with Crippen LogP contribution >= 0.6 is 23.4 Å². The third kappa shape index (κ3) is 3.72. The Hall–Kier alpha value is -1.18. The molecule has 112 valence electrons. The zero-order valence-corrected chi connectivity index (χ0v) is 12.8. The highest BCUT2D eigenvalue weighted by Gasteiger charge is 2.19. The van der Waals surface area contributed by atoms with Crippen LogP contribution < -0.4 is 0 Å². The van der Waals surface area contributed by atoms with Gasteiger partial charge in [-0.05, 0) is 41.0 Å². The Bertz CT molecular complexity index is 618. The minimum absolute atomic E-state index is 0.183. The Morgan fingerprint density at radius 2 is 2.38 bits per heavy atom. The van der Waals surface area contributed by atoms with Gasteiger partial charge in [0.15, 0.2) is 0 Å². The molecule has 8 heteroatoms. The molecule has 1 saturated heterocycles. The van der Waals surface area contributed by atoms with Crippen molar-refractivity contribution in [3.8, 4) is 0 Å². The maximum Gasteiger partial charge on any atom is 0.209 e. The topological polar surface area (TPSA) is 52.8 Å². The van der Waals surface area contributed by atoms with Gasteiger partial charge in [-0.25, -0.2) is 9.07 Å². The molecule has 1 aliphatic heterocycles. The molecular weight excluding hydrogens is 315 g/mol. The fourth-order valence-electron chi connectivity index (χ4n) is 2.18. The van der Waals surface area contributed by atoms with Crippen molar-refractivity contribution >= 4 is 23.4 Å². The number of tetrazole rings is 1. The normalized spacial score (nSPS) is 18.3. The van der Waals surface area contributed by atoms with Gasteiger partial charge in [0, 0.05) is 17.4 Å². The summed E-state index contributed by atoms with van der Waals surface area (Å²) < 4.78 is 20.3. The summed E-state index contributed by atoms with van der Waals surface area (Å²) in [4.78, 5) is 0. The lowest BCUT2D eigenvalue weighted by atomic mass is 10.2. The van der Waals surface area contributed by atoms with Crippen LogP contribution in [0.15, 0.2) is 23.4 Å². The van der Waals surface area contributed by atoms with E-state index in [1.54, 1.807) is 10.7 Å². The number of thioether (sulfide) groups is 1. The van der Waals surface area contributed by atoms with Crippen LogP contribution in [0.2, 0.25) is 5.02 Å². The fraction of sp³-hybridized carbons (Fsp3) is 0.462. The van der Waals surface area contributed by atoms with Gasteiger partial charge < -0.3 is 4.74 Å². The number of hydrogen-bond acceptors (Lipinski definition) is 5. The van der Waals surface area contributed by atoms with E-state index in [0.29, 0.717) is 22.5 Å². The molecule has 1 fully saturated rings. The molecule has 0 aliphatic carbocycles. The zero-order valence-electron chi connectivity index (χ0n) is 11.2. The maximum atomic E-state index is 13.0. The van der Waals surface area contributed by atoms with E-state index in [4.69, 9.17) is 16.3 Å². The molecule has 1 aliphatic rings. The van der Waals surface area contributed by atoms with Crippen molar-refractivity contribution in [1.29, 1.82) is 0 Å². The smallest absolute Gasteiger partial charge is 0.209 e. The fourth-order valence-corrected chi connectivity index (χ4v) is 3.38. The van der Waals surface area contributed by atoms with Crippen LogP contribution in [-0.2, 0) is 17.0 Å².